The van der Waals surface area contributed by atoms with Crippen LogP contribution in [0.15, 0.2) is 65.6 Å². The zero-order valence-corrected chi connectivity index (χ0v) is 15.8. The Kier molecular flexibility index (Phi) is 4.71. The number of aromatic nitrogens is 3. The minimum absolute atomic E-state index is 0.211. The predicted molar refractivity (Wildman–Crippen MR) is 109 cm³/mol. The van der Waals surface area contributed by atoms with E-state index < -0.39 is 0 Å². The fourth-order valence-corrected chi connectivity index (χ4v) is 3.18. The highest BCUT2D eigenvalue weighted by Gasteiger charge is 2.18. The first-order valence-electron chi connectivity index (χ1n) is 8.73. The maximum atomic E-state index is 12.9. The van der Waals surface area contributed by atoms with Crippen LogP contribution in [-0.2, 0) is 6.42 Å². The van der Waals surface area contributed by atoms with E-state index in [1.54, 1.807) is 31.2 Å². The van der Waals surface area contributed by atoms with Crippen LogP contribution in [0.3, 0.4) is 0 Å². The van der Waals surface area contributed by atoms with Gasteiger partial charge in [-0.3, -0.25) is 14.7 Å². The number of aryl methyl sites for hydroxylation is 1. The van der Waals surface area contributed by atoms with Gasteiger partial charge in [-0.25, -0.2) is 9.50 Å². The van der Waals surface area contributed by atoms with Crippen molar-refractivity contribution in [3.05, 3.63) is 98.6 Å². The highest BCUT2D eigenvalue weighted by Crippen LogP contribution is 2.17. The zero-order chi connectivity index (χ0) is 19.7. The fraction of sp³-hybridized carbons (Fsp3) is 0.0952. The Labute approximate surface area is 165 Å². The summed E-state index contributed by atoms with van der Waals surface area (Å²) in [4.78, 5) is 30.1. The summed E-state index contributed by atoms with van der Waals surface area (Å²) >= 11 is 5.87. The Morgan fingerprint density at radius 3 is 2.57 bits per heavy atom. The molecule has 2 heterocycles. The number of hydrogen-bond donors (Lipinski definition) is 2. The van der Waals surface area contributed by atoms with Gasteiger partial charge in [0.15, 0.2) is 5.65 Å². The molecule has 0 bridgehead atoms. The molecule has 6 nitrogen and oxygen atoms in total. The molecule has 2 N–H and O–H groups in total. The molecule has 0 radical (unpaired) electrons. The summed E-state index contributed by atoms with van der Waals surface area (Å²) in [6.45, 7) is 1.79. The summed E-state index contributed by atoms with van der Waals surface area (Å²) in [5.74, 6) is -0.358. The minimum Gasteiger partial charge on any atom is -0.322 e. The third kappa shape index (κ3) is 3.42. The minimum atomic E-state index is -0.358. The quantitative estimate of drug-likeness (QED) is 0.554. The number of H-pyrrole nitrogens is 1. The van der Waals surface area contributed by atoms with Gasteiger partial charge in [0, 0.05) is 34.6 Å². The number of nitrogens with one attached hydrogen (secondary N) is 2. The highest BCUT2D eigenvalue weighted by atomic mass is 35.5. The van der Waals surface area contributed by atoms with Crippen molar-refractivity contribution < 1.29 is 4.79 Å². The van der Waals surface area contributed by atoms with Crippen LogP contribution in [-0.4, -0.2) is 20.5 Å². The molecule has 2 aromatic heterocycles. The average Bonchev–Trinajstić information content (AvgIpc) is 3.12. The summed E-state index contributed by atoms with van der Waals surface area (Å²) in [5, 5.41) is 6.21. The van der Waals surface area contributed by atoms with Crippen molar-refractivity contribution in [3.63, 3.8) is 0 Å². The third-order valence-corrected chi connectivity index (χ3v) is 4.78. The number of benzene rings is 2. The second-order valence-electron chi connectivity index (χ2n) is 6.45. The number of amides is 1. The van der Waals surface area contributed by atoms with Crippen LogP contribution in [0.2, 0.25) is 5.02 Å². The van der Waals surface area contributed by atoms with Gasteiger partial charge in [0.2, 0.25) is 0 Å². The standard InChI is InChI=1S/C21H17ClN4O2/c1-13-17(11-14-5-3-2-4-6-14)21(28)26-19(24-13)18(12-23-26)20(27)25-16-9-7-15(22)8-10-16/h2-10,12,23H,11H2,1H3,(H,25,27). The number of carbonyl (C=O) groups is 1. The van der Waals surface area contributed by atoms with E-state index in [1.807, 2.05) is 30.3 Å². The van der Waals surface area contributed by atoms with E-state index >= 15 is 0 Å². The number of nitrogens with zero attached hydrogens (tertiary/aromatic N) is 2. The molecule has 0 fully saturated rings. The lowest BCUT2D eigenvalue weighted by atomic mass is 10.1. The van der Waals surface area contributed by atoms with Gasteiger partial charge in [-0.15, -0.1) is 0 Å². The molecule has 4 rings (SSSR count). The van der Waals surface area contributed by atoms with E-state index in [4.69, 9.17) is 11.6 Å². The topological polar surface area (TPSA) is 79.3 Å². The van der Waals surface area contributed by atoms with Gasteiger partial charge < -0.3 is 5.32 Å². The molecule has 28 heavy (non-hydrogen) atoms. The van der Waals surface area contributed by atoms with Gasteiger partial charge in [-0.1, -0.05) is 41.9 Å². The zero-order valence-electron chi connectivity index (χ0n) is 15.1. The molecule has 0 aliphatic heterocycles. The van der Waals surface area contributed by atoms with E-state index in [0.29, 0.717) is 39.6 Å². The highest BCUT2D eigenvalue weighted by molar-refractivity contribution is 6.30. The molecule has 7 heteroatoms. The van der Waals surface area contributed by atoms with Crippen molar-refractivity contribution in [1.82, 2.24) is 14.6 Å². The van der Waals surface area contributed by atoms with Crippen molar-refractivity contribution in [1.29, 1.82) is 0 Å². The molecular formula is C21H17ClN4O2. The lowest BCUT2D eigenvalue weighted by Gasteiger charge is -2.07. The smallest absolute Gasteiger partial charge is 0.276 e. The SMILES string of the molecule is Cc1nc2c(C(=O)Nc3ccc(Cl)cc3)c[nH]n2c(=O)c1Cc1ccccc1. The van der Waals surface area contributed by atoms with E-state index in [0.717, 1.165) is 5.56 Å². The van der Waals surface area contributed by atoms with Gasteiger partial charge in [0.25, 0.3) is 11.5 Å². The van der Waals surface area contributed by atoms with Crippen LogP contribution < -0.4 is 10.9 Å². The van der Waals surface area contributed by atoms with Gasteiger partial charge in [-0.2, -0.15) is 0 Å². The average molecular weight is 393 g/mol. The van der Waals surface area contributed by atoms with Crippen LogP contribution in [0.4, 0.5) is 5.69 Å². The van der Waals surface area contributed by atoms with Gasteiger partial charge in [0.1, 0.15) is 5.56 Å². The number of carbonyl (C=O) groups excluding carboxylic acids is 1. The van der Waals surface area contributed by atoms with Crippen molar-refractivity contribution >= 4 is 28.8 Å². The Morgan fingerprint density at radius 1 is 1.14 bits per heavy atom. The Balaban J connectivity index is 1.69. The molecule has 140 valence electrons. The summed E-state index contributed by atoms with van der Waals surface area (Å²) in [6.07, 6.45) is 1.97. The van der Waals surface area contributed by atoms with Crippen molar-refractivity contribution in [2.24, 2.45) is 0 Å². The number of halogens is 1. The Bertz CT molecular complexity index is 1210. The third-order valence-electron chi connectivity index (χ3n) is 4.53. The molecule has 0 unspecified atom stereocenters. The molecule has 1 amide bonds. The maximum absolute atomic E-state index is 12.9. The van der Waals surface area contributed by atoms with Gasteiger partial charge in [0.05, 0.1) is 0 Å². The first-order chi connectivity index (χ1) is 13.5. The number of aromatic amines is 1. The molecule has 0 atom stereocenters. The van der Waals surface area contributed by atoms with E-state index in [9.17, 15) is 9.59 Å². The van der Waals surface area contributed by atoms with Crippen LogP contribution in [0.5, 0.6) is 0 Å². The van der Waals surface area contributed by atoms with E-state index in [1.165, 1.54) is 10.7 Å². The number of hydrogen-bond acceptors (Lipinski definition) is 3. The second-order valence-corrected chi connectivity index (χ2v) is 6.89. The lowest BCUT2D eigenvalue weighted by molar-refractivity contribution is 0.102. The molecular weight excluding hydrogens is 376 g/mol. The first-order valence-corrected chi connectivity index (χ1v) is 9.11. The second kappa shape index (κ2) is 7.32. The molecule has 0 aliphatic carbocycles. The number of fused-ring (bicyclic) bond motifs is 1. The van der Waals surface area contributed by atoms with E-state index in [-0.39, 0.29) is 11.5 Å². The van der Waals surface area contributed by atoms with Crippen molar-refractivity contribution in [2.45, 2.75) is 13.3 Å². The summed E-state index contributed by atoms with van der Waals surface area (Å²) in [5.41, 5.74) is 3.21. The fourth-order valence-electron chi connectivity index (χ4n) is 3.06. The summed E-state index contributed by atoms with van der Waals surface area (Å²) < 4.78 is 1.31. The lowest BCUT2D eigenvalue weighted by Crippen LogP contribution is -2.23. The Morgan fingerprint density at radius 2 is 1.86 bits per heavy atom. The molecule has 0 aliphatic rings. The first kappa shape index (κ1) is 18.0. The largest absolute Gasteiger partial charge is 0.322 e. The molecule has 0 spiro atoms. The van der Waals surface area contributed by atoms with Gasteiger partial charge >= 0.3 is 0 Å². The molecule has 4 aromatic rings. The van der Waals surface area contributed by atoms with Crippen molar-refractivity contribution in [2.75, 3.05) is 5.32 Å². The summed E-state index contributed by atoms with van der Waals surface area (Å²) in [7, 11) is 0. The monoisotopic (exact) mass is 392 g/mol. The number of rotatable bonds is 4. The van der Waals surface area contributed by atoms with Crippen LogP contribution >= 0.6 is 11.6 Å². The molecule has 0 saturated heterocycles. The predicted octanol–water partition coefficient (Wildman–Crippen LogP) is 3.83. The van der Waals surface area contributed by atoms with Crippen LogP contribution in [0, 0.1) is 6.92 Å². The summed E-state index contributed by atoms with van der Waals surface area (Å²) in [6, 6.07) is 16.5. The molecule has 2 aromatic carbocycles. The van der Waals surface area contributed by atoms with Crippen LogP contribution in [0.25, 0.3) is 5.65 Å². The van der Waals surface area contributed by atoms with Crippen molar-refractivity contribution in [3.8, 4) is 0 Å². The van der Waals surface area contributed by atoms with Crippen LogP contribution in [0.1, 0.15) is 27.2 Å². The Hall–Kier alpha value is -3.38. The number of anilines is 1. The van der Waals surface area contributed by atoms with Gasteiger partial charge in [-0.05, 0) is 36.8 Å². The molecule has 0 saturated carbocycles. The van der Waals surface area contributed by atoms with E-state index in [2.05, 4.69) is 15.4 Å². The normalized spacial score (nSPS) is 10.9. The maximum Gasteiger partial charge on any atom is 0.276 e.